The Labute approximate surface area is 232 Å². The second-order valence-corrected chi connectivity index (χ2v) is 10.9. The number of hydrogen-bond acceptors (Lipinski definition) is 8. The summed E-state index contributed by atoms with van der Waals surface area (Å²) in [7, 11) is 0. The normalized spacial score (nSPS) is 22.3. The minimum atomic E-state index is -4.82. The number of pyridine rings is 1. The van der Waals surface area contributed by atoms with Gasteiger partial charge in [0, 0.05) is 40.9 Å². The number of benzene rings is 1. The highest BCUT2D eigenvalue weighted by Gasteiger charge is 2.42. The maximum atomic E-state index is 13.1. The van der Waals surface area contributed by atoms with E-state index in [1.165, 1.54) is 18.2 Å². The Morgan fingerprint density at radius 3 is 2.49 bits per heavy atom. The van der Waals surface area contributed by atoms with Crippen molar-refractivity contribution in [3.8, 4) is 28.3 Å². The fraction of sp³-hybridized carbons (Fsp3) is 0.414. The standard InChI is InChI=1S/C29H27F3N4O5/c30-29(31,32)39-23-4-2-1-3-21(23)27-22(28(41-35-27)16-5-6-16)15-38-20-11-18-8-9-19(12-20)36(18)25-10-7-17(14-33-25)24-13-26(37)34-40-24/h1-4,7,10,13-14,16,18-20H,5-6,8-9,11-12,15H2,(H,34,37)/t18-,19+,20?. The molecule has 1 aliphatic carbocycles. The first kappa shape index (κ1) is 25.9. The molecule has 214 valence electrons. The van der Waals surface area contributed by atoms with E-state index in [1.807, 2.05) is 12.1 Å². The molecule has 2 bridgehead atoms. The third-order valence-electron chi connectivity index (χ3n) is 8.11. The van der Waals surface area contributed by atoms with Crippen LogP contribution in [0, 0.1) is 0 Å². The monoisotopic (exact) mass is 568 g/mol. The third kappa shape index (κ3) is 5.23. The molecule has 0 amide bonds. The van der Waals surface area contributed by atoms with Crippen molar-refractivity contribution in [3.63, 3.8) is 0 Å². The van der Waals surface area contributed by atoms with E-state index < -0.39 is 6.36 Å². The van der Waals surface area contributed by atoms with Gasteiger partial charge in [-0.2, -0.15) is 5.16 Å². The number of rotatable bonds is 8. The Balaban J connectivity index is 1.07. The van der Waals surface area contributed by atoms with Crippen molar-refractivity contribution in [2.75, 3.05) is 4.90 Å². The molecule has 7 rings (SSSR count). The van der Waals surface area contributed by atoms with Crippen molar-refractivity contribution in [2.24, 2.45) is 0 Å². The van der Waals surface area contributed by atoms with Gasteiger partial charge in [0.05, 0.1) is 18.8 Å². The van der Waals surface area contributed by atoms with Crippen LogP contribution < -0.4 is 15.2 Å². The molecule has 12 heteroatoms. The molecule has 3 aliphatic rings. The fourth-order valence-electron chi connectivity index (χ4n) is 6.16. The third-order valence-corrected chi connectivity index (χ3v) is 8.11. The van der Waals surface area contributed by atoms with Gasteiger partial charge in [-0.1, -0.05) is 17.3 Å². The number of piperidine rings is 1. The second kappa shape index (κ2) is 10.1. The molecule has 0 spiro atoms. The zero-order chi connectivity index (χ0) is 28.1. The van der Waals surface area contributed by atoms with Crippen molar-refractivity contribution in [1.29, 1.82) is 0 Å². The number of nitrogens with zero attached hydrogens (tertiary/aromatic N) is 3. The highest BCUT2D eigenvalue weighted by atomic mass is 19.4. The average molecular weight is 569 g/mol. The molecule has 1 aromatic carbocycles. The minimum absolute atomic E-state index is 0.0198. The first-order valence-corrected chi connectivity index (χ1v) is 13.7. The first-order chi connectivity index (χ1) is 19.8. The minimum Gasteiger partial charge on any atom is -0.405 e. The molecule has 5 heterocycles. The van der Waals surface area contributed by atoms with E-state index in [0.29, 0.717) is 22.8 Å². The van der Waals surface area contributed by atoms with Crippen LogP contribution >= 0.6 is 0 Å². The van der Waals surface area contributed by atoms with Crippen LogP contribution in [0.4, 0.5) is 19.0 Å². The molecule has 3 aromatic heterocycles. The number of halogens is 3. The van der Waals surface area contributed by atoms with Gasteiger partial charge in [-0.05, 0) is 62.8 Å². The maximum Gasteiger partial charge on any atom is 0.573 e. The van der Waals surface area contributed by atoms with Gasteiger partial charge in [0.15, 0.2) is 5.76 Å². The van der Waals surface area contributed by atoms with Crippen LogP contribution in [0.15, 0.2) is 62.5 Å². The summed E-state index contributed by atoms with van der Waals surface area (Å²) in [4.78, 5) is 18.4. The number of ether oxygens (including phenoxy) is 2. The molecule has 2 saturated heterocycles. The van der Waals surface area contributed by atoms with Gasteiger partial charge in [0.1, 0.15) is 23.0 Å². The van der Waals surface area contributed by atoms with Crippen LogP contribution in [0.25, 0.3) is 22.6 Å². The number of anilines is 1. The van der Waals surface area contributed by atoms with Crippen molar-refractivity contribution in [1.82, 2.24) is 15.3 Å². The fourth-order valence-corrected chi connectivity index (χ4v) is 6.16. The predicted octanol–water partition coefficient (Wildman–Crippen LogP) is 6.18. The highest BCUT2D eigenvalue weighted by molar-refractivity contribution is 5.70. The number of para-hydroxylation sites is 1. The molecule has 1 saturated carbocycles. The van der Waals surface area contributed by atoms with Crippen LogP contribution in [0.1, 0.15) is 55.8 Å². The molecule has 4 aromatic rings. The summed E-state index contributed by atoms with van der Waals surface area (Å²) in [5.41, 5.74) is 1.66. The molecule has 3 atom stereocenters. The van der Waals surface area contributed by atoms with Gasteiger partial charge in [-0.15, -0.1) is 13.2 Å². The van der Waals surface area contributed by atoms with E-state index in [9.17, 15) is 18.0 Å². The molecule has 41 heavy (non-hydrogen) atoms. The van der Waals surface area contributed by atoms with Crippen molar-refractivity contribution in [3.05, 3.63) is 70.3 Å². The van der Waals surface area contributed by atoms with E-state index in [4.69, 9.17) is 13.8 Å². The van der Waals surface area contributed by atoms with E-state index >= 15 is 0 Å². The molecular weight excluding hydrogens is 541 g/mol. The van der Waals surface area contributed by atoms with Crippen molar-refractivity contribution in [2.45, 2.75) is 75.6 Å². The van der Waals surface area contributed by atoms with Gasteiger partial charge in [-0.25, -0.2) is 4.98 Å². The SMILES string of the molecule is O=c1cc(-c2ccc(N3[C@@H]4CC[C@H]3CC(OCc3c(-c5ccccc5OC(F)(F)F)noc3C3CC3)C4)nc2)o[nH]1. The zero-order valence-corrected chi connectivity index (χ0v) is 21.9. The Bertz CT molecular complexity index is 1580. The van der Waals surface area contributed by atoms with Crippen LogP contribution in [0.2, 0.25) is 0 Å². The van der Waals surface area contributed by atoms with Gasteiger partial charge < -0.3 is 23.4 Å². The topological polar surface area (TPSA) is 107 Å². The van der Waals surface area contributed by atoms with Crippen molar-refractivity contribution < 1.29 is 31.7 Å². The lowest BCUT2D eigenvalue weighted by Gasteiger charge is -2.39. The molecule has 0 radical (unpaired) electrons. The number of nitrogens with one attached hydrogen (secondary N) is 1. The maximum absolute atomic E-state index is 13.1. The Morgan fingerprint density at radius 2 is 1.83 bits per heavy atom. The number of aromatic nitrogens is 3. The Kier molecular flexibility index (Phi) is 6.37. The number of H-pyrrole nitrogens is 1. The Morgan fingerprint density at radius 1 is 1.05 bits per heavy atom. The number of aromatic amines is 1. The largest absolute Gasteiger partial charge is 0.573 e. The molecule has 3 fully saturated rings. The zero-order valence-electron chi connectivity index (χ0n) is 21.9. The summed E-state index contributed by atoms with van der Waals surface area (Å²) in [6, 6.07) is 11.7. The van der Waals surface area contributed by atoms with Crippen LogP contribution in [-0.4, -0.2) is 39.8 Å². The average Bonchev–Trinajstić information content (AvgIpc) is 3.46. The quantitative estimate of drug-likeness (QED) is 0.269. The van der Waals surface area contributed by atoms with E-state index in [1.54, 1.807) is 18.3 Å². The van der Waals surface area contributed by atoms with E-state index in [-0.39, 0.29) is 47.6 Å². The summed E-state index contributed by atoms with van der Waals surface area (Å²) in [6.45, 7) is 0.198. The van der Waals surface area contributed by atoms with Gasteiger partial charge in [0.2, 0.25) is 0 Å². The summed E-state index contributed by atoms with van der Waals surface area (Å²) in [5, 5.41) is 6.47. The van der Waals surface area contributed by atoms with E-state index in [2.05, 4.69) is 24.9 Å². The predicted molar refractivity (Wildman–Crippen MR) is 140 cm³/mol. The summed E-state index contributed by atoms with van der Waals surface area (Å²) in [5.74, 6) is 1.88. The molecular formula is C29H27F3N4O5. The summed E-state index contributed by atoms with van der Waals surface area (Å²) >= 11 is 0. The Hall–Kier alpha value is -4.06. The number of hydrogen-bond donors (Lipinski definition) is 1. The smallest absolute Gasteiger partial charge is 0.405 e. The first-order valence-electron chi connectivity index (χ1n) is 13.7. The lowest BCUT2D eigenvalue weighted by molar-refractivity contribution is -0.274. The van der Waals surface area contributed by atoms with Gasteiger partial charge >= 0.3 is 6.36 Å². The molecule has 1 N–H and O–H groups in total. The number of fused-ring (bicyclic) bond motifs is 2. The number of alkyl halides is 3. The molecule has 9 nitrogen and oxygen atoms in total. The van der Waals surface area contributed by atoms with Crippen LogP contribution in [-0.2, 0) is 11.3 Å². The lowest BCUT2D eigenvalue weighted by Crippen LogP contribution is -2.46. The highest BCUT2D eigenvalue weighted by Crippen LogP contribution is 2.46. The second-order valence-electron chi connectivity index (χ2n) is 10.9. The van der Waals surface area contributed by atoms with Crippen LogP contribution in [0.3, 0.4) is 0 Å². The molecule has 1 unspecified atom stereocenters. The van der Waals surface area contributed by atoms with Crippen molar-refractivity contribution >= 4 is 5.82 Å². The lowest BCUT2D eigenvalue weighted by atomic mass is 9.99. The van der Waals surface area contributed by atoms with Gasteiger partial charge in [0.25, 0.3) is 5.56 Å². The van der Waals surface area contributed by atoms with Gasteiger partial charge in [-0.3, -0.25) is 4.79 Å². The summed E-state index contributed by atoms with van der Waals surface area (Å²) < 4.78 is 60.8. The summed E-state index contributed by atoms with van der Waals surface area (Å²) in [6.07, 6.45) is 2.42. The molecule has 2 aliphatic heterocycles. The van der Waals surface area contributed by atoms with E-state index in [0.717, 1.165) is 49.9 Å². The van der Waals surface area contributed by atoms with Crippen LogP contribution in [0.5, 0.6) is 5.75 Å².